The van der Waals surface area contributed by atoms with Crippen LogP contribution in [0.2, 0.25) is 0 Å². The molecule has 4 heteroatoms. The second-order valence-electron chi connectivity index (χ2n) is 10.4. The monoisotopic (exact) mass is 490 g/mol. The van der Waals surface area contributed by atoms with Crippen molar-refractivity contribution < 1.29 is 9.28 Å². The Balaban J connectivity index is 0.000000270. The summed E-state index contributed by atoms with van der Waals surface area (Å²) in [5, 5.41) is 2.74. The number of nitrogens with zero attached hydrogens (tertiary/aromatic N) is 1. The molecule has 0 saturated carbocycles. The summed E-state index contributed by atoms with van der Waals surface area (Å²) in [4.78, 5) is 10.7. The maximum Gasteiger partial charge on any atom is 0.243 e. The van der Waals surface area contributed by atoms with Crippen LogP contribution in [0, 0.1) is 0 Å². The van der Waals surface area contributed by atoms with Gasteiger partial charge in [-0.05, 0) is 6.08 Å². The number of hydrogen-bond acceptors (Lipinski definition) is 1. The minimum Gasteiger partial charge on any atom is -0.352 e. The van der Waals surface area contributed by atoms with Crippen molar-refractivity contribution in [3.8, 4) is 0 Å². The number of carbonyl (C=O) groups excluding carboxylic acids is 1. The summed E-state index contributed by atoms with van der Waals surface area (Å²) >= 11 is 0. The zero-order valence-electron chi connectivity index (χ0n) is 22.4. The van der Waals surface area contributed by atoms with E-state index in [0.717, 1.165) is 24.0 Å². The molecule has 0 bridgehead atoms. The van der Waals surface area contributed by atoms with Crippen LogP contribution in [0.5, 0.6) is 0 Å². The molecule has 4 aromatic rings. The van der Waals surface area contributed by atoms with Crippen LogP contribution in [-0.2, 0) is 4.79 Å². The van der Waals surface area contributed by atoms with Gasteiger partial charge in [-0.3, -0.25) is 4.79 Å². The second-order valence-corrected chi connectivity index (χ2v) is 10.4. The largest absolute Gasteiger partial charge is 0.352 e. The molecule has 190 valence electrons. The van der Waals surface area contributed by atoms with E-state index in [1.54, 1.807) is 0 Å². The third kappa shape index (κ3) is 7.55. The molecular weight excluding hydrogens is 451 g/mol. The minimum atomic E-state index is -1.22. The Morgan fingerprint density at radius 3 is 1.27 bits per heavy atom. The molecule has 0 atom stereocenters. The first-order valence-electron chi connectivity index (χ1n) is 13.0. The molecule has 4 aromatic carbocycles. The smallest absolute Gasteiger partial charge is 0.243 e. The normalized spacial score (nSPS) is 11.1. The number of quaternary nitrogens is 1. The zero-order valence-corrected chi connectivity index (χ0v) is 22.4. The van der Waals surface area contributed by atoms with Crippen LogP contribution in [0.1, 0.15) is 6.42 Å². The highest BCUT2D eigenvalue weighted by atomic mass is 16.1. The topological polar surface area (TPSA) is 29.1 Å². The van der Waals surface area contributed by atoms with Gasteiger partial charge in [-0.1, -0.05) is 128 Å². The SMILES string of the molecule is C=CC(=O)NCCC[N+](C)(C)C.c1ccc([B-](c2ccccc2)(c2ccccc2)c2ccccc2)cc1. The van der Waals surface area contributed by atoms with Gasteiger partial charge in [0.05, 0.1) is 27.7 Å². The van der Waals surface area contributed by atoms with E-state index in [2.05, 4.69) is 154 Å². The maximum absolute atomic E-state index is 10.7. The Kier molecular flexibility index (Phi) is 10.1. The van der Waals surface area contributed by atoms with Crippen LogP contribution in [0.15, 0.2) is 134 Å². The number of rotatable bonds is 9. The predicted molar refractivity (Wildman–Crippen MR) is 161 cm³/mol. The van der Waals surface area contributed by atoms with Crippen LogP contribution in [-0.4, -0.2) is 50.8 Å². The van der Waals surface area contributed by atoms with E-state index in [9.17, 15) is 4.79 Å². The van der Waals surface area contributed by atoms with Gasteiger partial charge in [-0.15, -0.1) is 0 Å². The Morgan fingerprint density at radius 1 is 0.676 bits per heavy atom. The lowest BCUT2D eigenvalue weighted by Crippen LogP contribution is -2.74. The van der Waals surface area contributed by atoms with Gasteiger partial charge in [0.1, 0.15) is 6.15 Å². The quantitative estimate of drug-likeness (QED) is 0.166. The molecule has 37 heavy (non-hydrogen) atoms. The van der Waals surface area contributed by atoms with E-state index in [0.29, 0.717) is 0 Å². The van der Waals surface area contributed by atoms with E-state index in [-0.39, 0.29) is 5.91 Å². The summed E-state index contributed by atoms with van der Waals surface area (Å²) in [5.41, 5.74) is 5.36. The van der Waals surface area contributed by atoms with Gasteiger partial charge in [0.2, 0.25) is 5.91 Å². The van der Waals surface area contributed by atoms with Gasteiger partial charge in [-0.2, -0.15) is 21.9 Å². The van der Waals surface area contributed by atoms with Crippen molar-refractivity contribution in [2.24, 2.45) is 0 Å². The van der Waals surface area contributed by atoms with Crippen LogP contribution in [0.25, 0.3) is 0 Å². The molecule has 0 aliphatic rings. The molecule has 0 fully saturated rings. The van der Waals surface area contributed by atoms with Gasteiger partial charge in [0.15, 0.2) is 0 Å². The summed E-state index contributed by atoms with van der Waals surface area (Å²) < 4.78 is 0.934. The number of nitrogens with one attached hydrogen (secondary N) is 1. The van der Waals surface area contributed by atoms with Crippen LogP contribution >= 0.6 is 0 Å². The van der Waals surface area contributed by atoms with E-state index >= 15 is 0 Å². The van der Waals surface area contributed by atoms with Gasteiger partial charge in [0.25, 0.3) is 0 Å². The molecule has 4 rings (SSSR count). The van der Waals surface area contributed by atoms with Gasteiger partial charge in [0, 0.05) is 13.0 Å². The van der Waals surface area contributed by atoms with Crippen LogP contribution < -0.4 is 27.2 Å². The standard InChI is InChI=1S/C24H20B.C9H18N2O/c1-5-13-21(14-6-1)25(22-15-7-2-8-16-22,23-17-9-3-10-18-23)24-19-11-4-12-20-24;1-5-9(12)10-7-6-8-11(2,3)4/h1-20H;5H,1,6-8H2,2-4H3/q-1;/p+1. The number of carbonyl (C=O) groups is 1. The lowest BCUT2D eigenvalue weighted by atomic mass is 9.13. The first kappa shape index (κ1) is 27.7. The van der Waals surface area contributed by atoms with E-state index in [1.165, 1.54) is 27.9 Å². The fourth-order valence-electron chi connectivity index (χ4n) is 4.96. The first-order valence-corrected chi connectivity index (χ1v) is 13.0. The van der Waals surface area contributed by atoms with Gasteiger partial charge < -0.3 is 9.80 Å². The molecule has 0 saturated heterocycles. The summed E-state index contributed by atoms with van der Waals surface area (Å²) in [5.74, 6) is -0.0867. The molecule has 0 radical (unpaired) electrons. The van der Waals surface area contributed by atoms with Crippen molar-refractivity contribution in [3.05, 3.63) is 134 Å². The molecule has 0 heterocycles. The molecule has 1 N–H and O–H groups in total. The van der Waals surface area contributed by atoms with Crippen molar-refractivity contribution in [3.63, 3.8) is 0 Å². The van der Waals surface area contributed by atoms with Crippen molar-refractivity contribution in [2.45, 2.75) is 6.42 Å². The molecule has 0 aliphatic carbocycles. The maximum atomic E-state index is 10.7. The average Bonchev–Trinajstić information content (AvgIpc) is 2.94. The third-order valence-corrected chi connectivity index (χ3v) is 6.69. The third-order valence-electron chi connectivity index (χ3n) is 6.69. The highest BCUT2D eigenvalue weighted by Gasteiger charge is 2.31. The predicted octanol–water partition coefficient (Wildman–Crippen LogP) is 3.45. The van der Waals surface area contributed by atoms with Gasteiger partial charge >= 0.3 is 0 Å². The fourth-order valence-corrected chi connectivity index (χ4v) is 4.96. The molecular formula is C33H39BN2O. The summed E-state index contributed by atoms with van der Waals surface area (Å²) in [6.45, 7) is 5.18. The Bertz CT molecular complexity index is 1060. The van der Waals surface area contributed by atoms with E-state index in [4.69, 9.17) is 0 Å². The molecule has 0 aliphatic heterocycles. The van der Waals surface area contributed by atoms with Crippen molar-refractivity contribution >= 4 is 33.9 Å². The lowest BCUT2D eigenvalue weighted by molar-refractivity contribution is -0.870. The number of amides is 1. The van der Waals surface area contributed by atoms with E-state index < -0.39 is 6.15 Å². The van der Waals surface area contributed by atoms with E-state index in [1.807, 2.05) is 0 Å². The number of hydrogen-bond donors (Lipinski definition) is 1. The fraction of sp³-hybridized carbons (Fsp3) is 0.182. The molecule has 1 amide bonds. The Morgan fingerprint density at radius 2 is 1.00 bits per heavy atom. The molecule has 0 spiro atoms. The number of benzene rings is 4. The van der Waals surface area contributed by atoms with Crippen molar-refractivity contribution in [2.75, 3.05) is 34.2 Å². The molecule has 0 aromatic heterocycles. The Labute approximate surface area is 223 Å². The summed E-state index contributed by atoms with van der Waals surface area (Å²) in [6, 6.07) is 43.5. The highest BCUT2D eigenvalue weighted by molar-refractivity contribution is 7.19. The van der Waals surface area contributed by atoms with Gasteiger partial charge in [-0.25, -0.2) is 0 Å². The lowest BCUT2D eigenvalue weighted by Gasteiger charge is -2.44. The van der Waals surface area contributed by atoms with Crippen molar-refractivity contribution in [1.82, 2.24) is 5.32 Å². The first-order chi connectivity index (χ1) is 17.9. The highest BCUT2D eigenvalue weighted by Crippen LogP contribution is 2.09. The van der Waals surface area contributed by atoms with Crippen molar-refractivity contribution in [1.29, 1.82) is 0 Å². The zero-order chi connectivity index (χ0) is 26.6. The minimum absolute atomic E-state index is 0.0867. The average molecular weight is 491 g/mol. The summed E-state index contributed by atoms with van der Waals surface area (Å²) in [6.07, 6.45) is 1.09. The van der Waals surface area contributed by atoms with Crippen LogP contribution in [0.3, 0.4) is 0 Å². The summed E-state index contributed by atoms with van der Waals surface area (Å²) in [7, 11) is 6.40. The van der Waals surface area contributed by atoms with Crippen LogP contribution in [0.4, 0.5) is 0 Å². The molecule has 0 unspecified atom stereocenters. The molecule has 3 nitrogen and oxygen atoms in total. The second kappa shape index (κ2) is 13.4. The Hall–Kier alpha value is -3.89.